The normalized spacial score (nSPS) is 10.9. The minimum absolute atomic E-state index is 0.930. The van der Waals surface area contributed by atoms with Gasteiger partial charge in [-0.1, -0.05) is 38.3 Å². The van der Waals surface area contributed by atoms with Gasteiger partial charge in [0.25, 0.3) is 0 Å². The second kappa shape index (κ2) is 10.1. The van der Waals surface area contributed by atoms with Gasteiger partial charge in [-0.15, -0.1) is 0 Å². The number of unbranched alkanes of at least 4 members (excludes halogenated alkanes) is 4. The van der Waals surface area contributed by atoms with Crippen molar-refractivity contribution in [3.63, 3.8) is 0 Å². The van der Waals surface area contributed by atoms with Crippen LogP contribution in [0.3, 0.4) is 0 Å². The van der Waals surface area contributed by atoms with Crippen molar-refractivity contribution < 1.29 is 9.30 Å². The van der Waals surface area contributed by atoms with Crippen LogP contribution in [0.15, 0.2) is 43.0 Å². The summed E-state index contributed by atoms with van der Waals surface area (Å²) in [6.45, 7) is 4.49. The fourth-order valence-corrected chi connectivity index (χ4v) is 2.86. The highest BCUT2D eigenvalue weighted by Crippen LogP contribution is 2.12. The molecule has 0 spiro atoms. The molecular formula is C20H31N2O+. The maximum Gasteiger partial charge on any atom is 0.243 e. The fraction of sp³-hybridized carbons (Fsp3) is 0.550. The number of aromatic nitrogens is 2. The lowest BCUT2D eigenvalue weighted by atomic mass is 10.1. The third-order valence-electron chi connectivity index (χ3n) is 4.31. The molecule has 0 aliphatic heterocycles. The first-order chi connectivity index (χ1) is 11.3. The van der Waals surface area contributed by atoms with Gasteiger partial charge < -0.3 is 4.74 Å². The Balaban J connectivity index is 1.65. The number of nitrogens with zero attached hydrogens (tertiary/aromatic N) is 2. The summed E-state index contributed by atoms with van der Waals surface area (Å²) in [5.74, 6) is 0.930. The molecule has 23 heavy (non-hydrogen) atoms. The molecule has 1 aromatic heterocycles. The number of aryl methyl sites for hydroxylation is 3. The smallest absolute Gasteiger partial charge is 0.243 e. The zero-order valence-electron chi connectivity index (χ0n) is 14.7. The number of rotatable bonds is 11. The van der Waals surface area contributed by atoms with Crippen LogP contribution in [0.25, 0.3) is 0 Å². The summed E-state index contributed by atoms with van der Waals surface area (Å²) in [4.78, 5) is 0. The Hall–Kier alpha value is -1.77. The topological polar surface area (TPSA) is 18.0 Å². The fourth-order valence-electron chi connectivity index (χ4n) is 2.86. The standard InChI is InChI=1S/C20H31N2O/c1-3-4-5-6-7-14-21-16-17-22(18-21)15-8-9-19-10-12-20(23-2)13-11-19/h10-13,16-18H,3-9,14-15H2,1-2H3/q+1. The zero-order chi connectivity index (χ0) is 16.3. The molecule has 0 atom stereocenters. The van der Waals surface area contributed by atoms with Crippen molar-refractivity contribution in [2.24, 2.45) is 0 Å². The van der Waals surface area contributed by atoms with Gasteiger partial charge in [0, 0.05) is 0 Å². The van der Waals surface area contributed by atoms with E-state index in [1.54, 1.807) is 7.11 Å². The minimum Gasteiger partial charge on any atom is -0.497 e. The zero-order valence-corrected chi connectivity index (χ0v) is 14.7. The molecule has 0 radical (unpaired) electrons. The number of benzene rings is 1. The molecule has 3 nitrogen and oxygen atoms in total. The monoisotopic (exact) mass is 315 g/mol. The van der Waals surface area contributed by atoms with Gasteiger partial charge in [-0.2, -0.15) is 0 Å². The lowest BCUT2D eigenvalue weighted by Gasteiger charge is -2.02. The largest absolute Gasteiger partial charge is 0.497 e. The predicted molar refractivity (Wildman–Crippen MR) is 94.7 cm³/mol. The second-order valence-electron chi connectivity index (χ2n) is 6.26. The summed E-state index contributed by atoms with van der Waals surface area (Å²) < 4.78 is 9.81. The first-order valence-corrected chi connectivity index (χ1v) is 8.99. The van der Waals surface area contributed by atoms with E-state index < -0.39 is 0 Å². The summed E-state index contributed by atoms with van der Waals surface area (Å²) in [6, 6.07) is 8.39. The van der Waals surface area contributed by atoms with Crippen molar-refractivity contribution in [1.82, 2.24) is 4.57 Å². The number of hydrogen-bond donors (Lipinski definition) is 0. The van der Waals surface area contributed by atoms with Crippen LogP contribution in [0.1, 0.15) is 51.0 Å². The molecule has 1 heterocycles. The van der Waals surface area contributed by atoms with Crippen molar-refractivity contribution in [2.75, 3.05) is 7.11 Å². The first kappa shape index (κ1) is 17.6. The van der Waals surface area contributed by atoms with E-state index >= 15 is 0 Å². The molecule has 126 valence electrons. The van der Waals surface area contributed by atoms with Gasteiger partial charge in [0.1, 0.15) is 18.1 Å². The Kier molecular flexibility index (Phi) is 7.71. The van der Waals surface area contributed by atoms with Crippen LogP contribution in [-0.4, -0.2) is 11.7 Å². The third kappa shape index (κ3) is 6.47. The Morgan fingerprint density at radius 3 is 2.52 bits per heavy atom. The van der Waals surface area contributed by atoms with E-state index in [2.05, 4.69) is 46.9 Å². The molecule has 3 heteroatoms. The van der Waals surface area contributed by atoms with Crippen molar-refractivity contribution >= 4 is 0 Å². The number of methoxy groups -OCH3 is 1. The van der Waals surface area contributed by atoms with Crippen LogP contribution < -0.4 is 9.30 Å². The Labute approximate surface area is 140 Å². The van der Waals surface area contributed by atoms with Crippen LogP contribution in [-0.2, 0) is 19.5 Å². The molecule has 2 aromatic rings. The van der Waals surface area contributed by atoms with E-state index in [-0.39, 0.29) is 0 Å². The van der Waals surface area contributed by atoms with Crippen LogP contribution in [0, 0.1) is 0 Å². The van der Waals surface area contributed by atoms with Crippen molar-refractivity contribution in [3.05, 3.63) is 48.5 Å². The molecule has 0 unspecified atom stereocenters. The van der Waals surface area contributed by atoms with E-state index in [9.17, 15) is 0 Å². The summed E-state index contributed by atoms with van der Waals surface area (Å²) in [7, 11) is 1.71. The van der Waals surface area contributed by atoms with Gasteiger partial charge >= 0.3 is 0 Å². The highest BCUT2D eigenvalue weighted by atomic mass is 16.5. The molecule has 2 rings (SSSR count). The van der Waals surface area contributed by atoms with E-state index in [0.717, 1.165) is 31.7 Å². The quantitative estimate of drug-likeness (QED) is 0.444. The van der Waals surface area contributed by atoms with Crippen LogP contribution in [0.4, 0.5) is 0 Å². The molecule has 0 amide bonds. The summed E-state index contributed by atoms with van der Waals surface area (Å²) in [5, 5.41) is 0. The van der Waals surface area contributed by atoms with Gasteiger partial charge in [-0.25, -0.2) is 9.13 Å². The molecule has 0 bridgehead atoms. The Morgan fingerprint density at radius 1 is 1.00 bits per heavy atom. The van der Waals surface area contributed by atoms with E-state index in [4.69, 9.17) is 4.74 Å². The minimum atomic E-state index is 0.930. The van der Waals surface area contributed by atoms with Gasteiger partial charge in [-0.05, 0) is 43.4 Å². The predicted octanol–water partition coefficient (Wildman–Crippen LogP) is 4.39. The third-order valence-corrected chi connectivity index (χ3v) is 4.31. The van der Waals surface area contributed by atoms with Crippen molar-refractivity contribution in [2.45, 2.75) is 65.0 Å². The van der Waals surface area contributed by atoms with Gasteiger partial charge in [0.05, 0.1) is 20.2 Å². The number of ether oxygens (including phenoxy) is 1. The highest BCUT2D eigenvalue weighted by Gasteiger charge is 2.04. The average Bonchev–Trinajstić information content (AvgIpc) is 3.03. The van der Waals surface area contributed by atoms with E-state index in [1.165, 1.54) is 37.7 Å². The molecular weight excluding hydrogens is 284 g/mol. The van der Waals surface area contributed by atoms with Gasteiger partial charge in [-0.3, -0.25) is 0 Å². The van der Waals surface area contributed by atoms with E-state index in [1.807, 2.05) is 12.1 Å². The van der Waals surface area contributed by atoms with Crippen LogP contribution in [0.5, 0.6) is 5.75 Å². The number of hydrogen-bond acceptors (Lipinski definition) is 1. The molecule has 0 N–H and O–H groups in total. The number of imidazole rings is 1. The summed E-state index contributed by atoms with van der Waals surface area (Å²) >= 11 is 0. The Bertz CT molecular complexity index is 545. The first-order valence-electron chi connectivity index (χ1n) is 8.99. The summed E-state index contributed by atoms with van der Waals surface area (Å²) in [5.41, 5.74) is 1.38. The second-order valence-corrected chi connectivity index (χ2v) is 6.26. The molecule has 0 aliphatic carbocycles. The molecule has 0 saturated carbocycles. The summed E-state index contributed by atoms with van der Waals surface area (Å²) in [6.07, 6.45) is 15.6. The van der Waals surface area contributed by atoms with Crippen molar-refractivity contribution in [1.29, 1.82) is 0 Å². The van der Waals surface area contributed by atoms with Crippen LogP contribution in [0.2, 0.25) is 0 Å². The maximum absolute atomic E-state index is 5.19. The van der Waals surface area contributed by atoms with E-state index in [0.29, 0.717) is 0 Å². The molecule has 0 fully saturated rings. The van der Waals surface area contributed by atoms with Gasteiger partial charge in [0.2, 0.25) is 6.33 Å². The van der Waals surface area contributed by atoms with Gasteiger partial charge in [0.15, 0.2) is 0 Å². The SMILES string of the molecule is CCCCCCCn1cc[n+](CCCc2ccc(OC)cc2)c1. The molecule has 1 aromatic carbocycles. The molecule has 0 saturated heterocycles. The van der Waals surface area contributed by atoms with Crippen LogP contribution >= 0.6 is 0 Å². The molecule has 0 aliphatic rings. The lowest BCUT2D eigenvalue weighted by molar-refractivity contribution is -0.696. The lowest BCUT2D eigenvalue weighted by Crippen LogP contribution is -2.31. The maximum atomic E-state index is 5.19. The Morgan fingerprint density at radius 2 is 1.78 bits per heavy atom. The van der Waals surface area contributed by atoms with Crippen molar-refractivity contribution in [3.8, 4) is 5.75 Å². The average molecular weight is 315 g/mol. The highest BCUT2D eigenvalue weighted by molar-refractivity contribution is 5.27.